The smallest absolute Gasteiger partial charge is 0.326 e. The number of benzene rings is 3. The van der Waals surface area contributed by atoms with Crippen LogP contribution >= 0.6 is 0 Å². The first kappa shape index (κ1) is 23.6. The molecule has 3 aromatic carbocycles. The molecule has 1 saturated heterocycles. The van der Waals surface area contributed by atoms with Gasteiger partial charge in [-0.15, -0.1) is 0 Å². The minimum Gasteiger partial charge on any atom is -0.493 e. The lowest BCUT2D eigenvalue weighted by Gasteiger charge is -2.39. The number of carbonyl (C=O) groups excluding carboxylic acids is 2. The highest BCUT2D eigenvalue weighted by Gasteiger charge is 2.53. The predicted octanol–water partition coefficient (Wildman–Crippen LogP) is 4.09. The molecule has 0 bridgehead atoms. The van der Waals surface area contributed by atoms with Gasteiger partial charge in [-0.2, -0.15) is 0 Å². The molecule has 7 nitrogen and oxygen atoms in total. The number of methoxy groups -OCH3 is 2. The Morgan fingerprint density at radius 2 is 1.59 bits per heavy atom. The van der Waals surface area contributed by atoms with Crippen molar-refractivity contribution in [2.24, 2.45) is 0 Å². The molecule has 3 aliphatic rings. The predicted molar refractivity (Wildman–Crippen MR) is 140 cm³/mol. The molecule has 37 heavy (non-hydrogen) atoms. The SMILES string of the molecule is COc1cc2c(cc1OC)C(c1ccccc1)N(CN1C(=O)NC3(CCc4ccccc4C3)C1=O)CC2. The lowest BCUT2D eigenvalue weighted by Crippen LogP contribution is -2.52. The zero-order chi connectivity index (χ0) is 25.6. The number of hydrogen-bond donors (Lipinski definition) is 1. The van der Waals surface area contributed by atoms with Crippen LogP contribution in [0, 0.1) is 0 Å². The average molecular weight is 498 g/mol. The number of fused-ring (bicyclic) bond motifs is 2. The second-order valence-electron chi connectivity index (χ2n) is 10.1. The Hall–Kier alpha value is -3.84. The zero-order valence-corrected chi connectivity index (χ0v) is 21.2. The van der Waals surface area contributed by atoms with E-state index in [0.29, 0.717) is 30.9 Å². The van der Waals surface area contributed by atoms with Gasteiger partial charge in [-0.1, -0.05) is 54.6 Å². The number of imide groups is 1. The van der Waals surface area contributed by atoms with Crippen LogP contribution in [0.1, 0.15) is 40.3 Å². The first-order valence-electron chi connectivity index (χ1n) is 12.8. The molecule has 0 aromatic heterocycles. The van der Waals surface area contributed by atoms with Crippen molar-refractivity contribution in [3.63, 3.8) is 0 Å². The van der Waals surface area contributed by atoms with Crippen LogP contribution in [0.25, 0.3) is 0 Å². The van der Waals surface area contributed by atoms with Crippen molar-refractivity contribution in [1.82, 2.24) is 15.1 Å². The van der Waals surface area contributed by atoms with Crippen LogP contribution in [0.15, 0.2) is 66.7 Å². The Labute approximate surface area is 217 Å². The number of hydrogen-bond acceptors (Lipinski definition) is 5. The van der Waals surface area contributed by atoms with Gasteiger partial charge >= 0.3 is 6.03 Å². The fourth-order valence-corrected chi connectivity index (χ4v) is 6.19. The van der Waals surface area contributed by atoms with Crippen molar-refractivity contribution in [3.8, 4) is 11.5 Å². The van der Waals surface area contributed by atoms with Gasteiger partial charge in [0.2, 0.25) is 0 Å². The van der Waals surface area contributed by atoms with Crippen molar-refractivity contribution < 1.29 is 19.1 Å². The molecule has 6 rings (SSSR count). The van der Waals surface area contributed by atoms with Crippen LogP contribution in [0.3, 0.4) is 0 Å². The summed E-state index contributed by atoms with van der Waals surface area (Å²) in [6, 6.07) is 22.0. The Morgan fingerprint density at radius 3 is 2.35 bits per heavy atom. The van der Waals surface area contributed by atoms with Crippen LogP contribution in [0.5, 0.6) is 11.5 Å². The summed E-state index contributed by atoms with van der Waals surface area (Å²) in [6.07, 6.45) is 2.71. The van der Waals surface area contributed by atoms with Crippen LogP contribution < -0.4 is 14.8 Å². The molecule has 1 N–H and O–H groups in total. The monoisotopic (exact) mass is 497 g/mol. The molecule has 7 heteroatoms. The first-order valence-corrected chi connectivity index (χ1v) is 12.8. The number of aryl methyl sites for hydroxylation is 1. The fraction of sp³-hybridized carbons (Fsp3) is 0.333. The standard InChI is InChI=1S/C30H31N3O4/c1-36-25-16-22-13-15-32(27(21-9-4-3-5-10-21)24(22)17-26(25)37-2)19-33-28(34)30(31-29(33)35)14-12-20-8-6-7-11-23(20)18-30/h3-11,16-17,27H,12-15,18-19H2,1-2H3,(H,31,35). The molecule has 190 valence electrons. The number of amides is 3. The summed E-state index contributed by atoms with van der Waals surface area (Å²) in [7, 11) is 3.28. The highest BCUT2D eigenvalue weighted by atomic mass is 16.5. The van der Waals surface area contributed by atoms with E-state index in [0.717, 1.165) is 29.5 Å². The van der Waals surface area contributed by atoms with Crippen molar-refractivity contribution in [2.75, 3.05) is 27.4 Å². The lowest BCUT2D eigenvalue weighted by atomic mass is 9.78. The maximum atomic E-state index is 13.8. The van der Waals surface area contributed by atoms with Gasteiger partial charge in [0.15, 0.2) is 11.5 Å². The van der Waals surface area contributed by atoms with Crippen LogP contribution in [0.4, 0.5) is 4.79 Å². The Bertz CT molecular complexity index is 1360. The number of nitrogens with zero attached hydrogens (tertiary/aromatic N) is 2. The summed E-state index contributed by atoms with van der Waals surface area (Å²) in [5.74, 6) is 1.24. The highest BCUT2D eigenvalue weighted by molar-refractivity contribution is 6.07. The van der Waals surface area contributed by atoms with Crippen molar-refractivity contribution >= 4 is 11.9 Å². The van der Waals surface area contributed by atoms with E-state index in [2.05, 4.69) is 34.5 Å². The average Bonchev–Trinajstić information content (AvgIpc) is 3.16. The van der Waals surface area contributed by atoms with E-state index in [1.165, 1.54) is 16.0 Å². The molecule has 1 spiro atoms. The molecule has 2 atom stereocenters. The maximum Gasteiger partial charge on any atom is 0.326 e. The second kappa shape index (κ2) is 9.23. The van der Waals surface area contributed by atoms with E-state index >= 15 is 0 Å². The minimum atomic E-state index is -0.863. The Balaban J connectivity index is 1.33. The van der Waals surface area contributed by atoms with Gasteiger partial charge in [-0.25, -0.2) is 9.69 Å². The van der Waals surface area contributed by atoms with E-state index in [9.17, 15) is 9.59 Å². The topological polar surface area (TPSA) is 71.1 Å². The normalized spacial score (nSPS) is 23.0. The van der Waals surface area contributed by atoms with Crippen LogP contribution in [0.2, 0.25) is 0 Å². The number of ether oxygens (including phenoxy) is 2. The molecular formula is C30H31N3O4. The number of urea groups is 1. The lowest BCUT2D eigenvalue weighted by molar-refractivity contribution is -0.133. The van der Waals surface area contributed by atoms with E-state index in [4.69, 9.17) is 9.47 Å². The summed E-state index contributed by atoms with van der Waals surface area (Å²) in [5.41, 5.74) is 4.92. The minimum absolute atomic E-state index is 0.128. The molecule has 2 aliphatic heterocycles. The van der Waals surface area contributed by atoms with E-state index < -0.39 is 5.54 Å². The van der Waals surface area contributed by atoms with Crippen molar-refractivity contribution in [1.29, 1.82) is 0 Å². The quantitative estimate of drug-likeness (QED) is 0.538. The van der Waals surface area contributed by atoms with Gasteiger partial charge in [-0.3, -0.25) is 9.69 Å². The maximum absolute atomic E-state index is 13.8. The summed E-state index contributed by atoms with van der Waals surface area (Å²) in [5, 5.41) is 3.08. The van der Waals surface area contributed by atoms with Crippen molar-refractivity contribution in [2.45, 2.75) is 37.3 Å². The number of nitrogens with one attached hydrogen (secondary N) is 1. The fourth-order valence-electron chi connectivity index (χ4n) is 6.19. The second-order valence-corrected chi connectivity index (χ2v) is 10.1. The highest BCUT2D eigenvalue weighted by Crippen LogP contribution is 2.42. The summed E-state index contributed by atoms with van der Waals surface area (Å²) >= 11 is 0. The summed E-state index contributed by atoms with van der Waals surface area (Å²) in [4.78, 5) is 30.7. The zero-order valence-electron chi connectivity index (χ0n) is 21.2. The first-order chi connectivity index (χ1) is 18.0. The molecule has 2 heterocycles. The van der Waals surface area contributed by atoms with E-state index in [-0.39, 0.29) is 24.6 Å². The van der Waals surface area contributed by atoms with Crippen molar-refractivity contribution in [3.05, 3.63) is 94.5 Å². The molecule has 1 aliphatic carbocycles. The molecule has 3 aromatic rings. The third-order valence-corrected chi connectivity index (χ3v) is 8.09. The molecular weight excluding hydrogens is 466 g/mol. The van der Waals surface area contributed by atoms with Gasteiger partial charge < -0.3 is 14.8 Å². The van der Waals surface area contributed by atoms with E-state index in [1.807, 2.05) is 42.5 Å². The van der Waals surface area contributed by atoms with Gasteiger partial charge in [0.1, 0.15) is 5.54 Å². The molecule has 0 saturated carbocycles. The largest absolute Gasteiger partial charge is 0.493 e. The molecule has 1 fully saturated rings. The van der Waals surface area contributed by atoms with Gasteiger partial charge in [0.05, 0.1) is 26.9 Å². The van der Waals surface area contributed by atoms with Gasteiger partial charge in [0, 0.05) is 13.0 Å². The Kier molecular flexibility index (Phi) is 5.88. The Morgan fingerprint density at radius 1 is 0.892 bits per heavy atom. The molecule has 2 unspecified atom stereocenters. The van der Waals surface area contributed by atoms with Gasteiger partial charge in [-0.05, 0) is 59.2 Å². The van der Waals surface area contributed by atoms with Crippen LogP contribution in [-0.4, -0.2) is 54.7 Å². The number of carbonyl (C=O) groups is 2. The van der Waals surface area contributed by atoms with Crippen LogP contribution in [-0.2, 0) is 24.1 Å². The third-order valence-electron chi connectivity index (χ3n) is 8.09. The van der Waals surface area contributed by atoms with E-state index in [1.54, 1.807) is 14.2 Å². The van der Waals surface area contributed by atoms with Gasteiger partial charge in [0.25, 0.3) is 5.91 Å². The number of rotatable bonds is 5. The third kappa shape index (κ3) is 3.94. The summed E-state index contributed by atoms with van der Waals surface area (Å²) in [6.45, 7) is 0.927. The molecule has 3 amide bonds. The summed E-state index contributed by atoms with van der Waals surface area (Å²) < 4.78 is 11.2. The molecule has 0 radical (unpaired) electrons.